The van der Waals surface area contributed by atoms with Crippen molar-refractivity contribution in [1.29, 1.82) is 0 Å². The smallest absolute Gasteiger partial charge is 0.139 e. The Labute approximate surface area is 55.4 Å². The lowest BCUT2D eigenvalue weighted by atomic mass is 9.96. The van der Waals surface area contributed by atoms with Gasteiger partial charge >= 0.3 is 0 Å². The van der Waals surface area contributed by atoms with Crippen LogP contribution in [0.5, 0.6) is 0 Å². The number of nitrogen functional groups attached to an aromatic ring is 1. The molecule has 0 saturated heterocycles. The summed E-state index contributed by atoms with van der Waals surface area (Å²) in [6, 6.07) is 7.90. The molecule has 3 heteroatoms. The third-order valence-electron chi connectivity index (χ3n) is 1.22. The summed E-state index contributed by atoms with van der Waals surface area (Å²) in [7, 11) is 2.04. The summed E-state index contributed by atoms with van der Waals surface area (Å²) in [6.07, 6.45) is 0. The maximum absolute atomic E-state index is 5.15. The van der Waals surface area contributed by atoms with E-state index in [1.165, 1.54) is 5.46 Å². The van der Waals surface area contributed by atoms with Gasteiger partial charge in [-0.1, -0.05) is 17.6 Å². The van der Waals surface area contributed by atoms with E-state index < -0.39 is 0 Å². The van der Waals surface area contributed by atoms with Crippen molar-refractivity contribution in [3.8, 4) is 0 Å². The first kappa shape index (κ1) is 6.17. The summed E-state index contributed by atoms with van der Waals surface area (Å²) >= 11 is 0. The van der Waals surface area contributed by atoms with Gasteiger partial charge in [0.1, 0.15) is 7.85 Å². The van der Waals surface area contributed by atoms with Crippen LogP contribution in [0.4, 0.5) is 5.69 Å². The zero-order valence-electron chi connectivity index (χ0n) is 5.39. The van der Waals surface area contributed by atoms with Gasteiger partial charge in [-0.05, 0) is 12.1 Å². The number of anilines is 1. The summed E-state index contributed by atoms with van der Waals surface area (Å²) in [6.45, 7) is 0. The van der Waals surface area contributed by atoms with Gasteiger partial charge < -0.3 is 5.43 Å². The quantitative estimate of drug-likeness (QED) is 0.290. The lowest BCUT2D eigenvalue weighted by molar-refractivity contribution is 1.36. The fraction of sp³-hybridized carbons (Fsp3) is 0. The number of hydrogen-bond acceptors (Lipinski definition) is 2. The molecule has 0 aliphatic heterocycles. The van der Waals surface area contributed by atoms with Crippen LogP contribution in [0.1, 0.15) is 0 Å². The van der Waals surface area contributed by atoms with Crippen LogP contribution in [-0.2, 0) is 0 Å². The van der Waals surface area contributed by atoms with E-state index in [-0.39, 0.29) is 0 Å². The Bertz CT molecular complexity index is 183. The van der Waals surface area contributed by atoms with E-state index in [9.17, 15) is 0 Å². The van der Waals surface area contributed by atoms with Gasteiger partial charge in [0.15, 0.2) is 0 Å². The molecule has 2 nitrogen and oxygen atoms in total. The predicted molar refractivity (Wildman–Crippen MR) is 42.4 cm³/mol. The molecular formula is C6H9BN2. The topological polar surface area (TPSA) is 38.0 Å². The molecule has 0 unspecified atom stereocenters. The minimum atomic E-state index is 0.945. The highest BCUT2D eigenvalue weighted by molar-refractivity contribution is 6.32. The maximum atomic E-state index is 5.15. The minimum Gasteiger partial charge on any atom is -0.324 e. The Kier molecular flexibility index (Phi) is 1.75. The fourth-order valence-corrected chi connectivity index (χ4v) is 0.650. The highest BCUT2D eigenvalue weighted by Gasteiger charge is 1.84. The van der Waals surface area contributed by atoms with Gasteiger partial charge in [0.2, 0.25) is 0 Å². The van der Waals surface area contributed by atoms with Crippen molar-refractivity contribution in [2.24, 2.45) is 5.84 Å². The number of benzene rings is 1. The summed E-state index contributed by atoms with van der Waals surface area (Å²) in [5.74, 6) is 5.15. The van der Waals surface area contributed by atoms with Gasteiger partial charge in [-0.2, -0.15) is 0 Å². The Balaban J connectivity index is 2.88. The molecular weight excluding hydrogens is 111 g/mol. The zero-order valence-corrected chi connectivity index (χ0v) is 5.39. The Morgan fingerprint density at radius 3 is 2.22 bits per heavy atom. The maximum Gasteiger partial charge on any atom is 0.139 e. The Hall–Kier alpha value is -0.955. The number of hydrogen-bond donors (Lipinski definition) is 2. The molecule has 0 aliphatic rings. The molecule has 0 aliphatic carbocycles. The average molecular weight is 120 g/mol. The van der Waals surface area contributed by atoms with Crippen molar-refractivity contribution in [1.82, 2.24) is 0 Å². The molecule has 0 heterocycles. The average Bonchev–Trinajstić information content (AvgIpc) is 1.90. The molecule has 1 aromatic rings. The van der Waals surface area contributed by atoms with Gasteiger partial charge in [-0.3, -0.25) is 5.84 Å². The Morgan fingerprint density at radius 1 is 1.22 bits per heavy atom. The third kappa shape index (κ3) is 1.47. The van der Waals surface area contributed by atoms with Crippen LogP contribution in [0.15, 0.2) is 24.3 Å². The molecule has 0 radical (unpaired) electrons. The standard InChI is InChI=1S/C6H9BN2/c7-5-1-3-6(9-8)4-2-5/h1-4,9H,7-8H2. The van der Waals surface area contributed by atoms with Crippen molar-refractivity contribution in [3.05, 3.63) is 24.3 Å². The van der Waals surface area contributed by atoms with Crippen molar-refractivity contribution >= 4 is 19.0 Å². The van der Waals surface area contributed by atoms with E-state index >= 15 is 0 Å². The predicted octanol–water partition coefficient (Wildman–Crippen LogP) is -0.769. The molecule has 0 amide bonds. The number of hydrazine groups is 1. The van der Waals surface area contributed by atoms with E-state index in [2.05, 4.69) is 5.43 Å². The molecule has 1 rings (SSSR count). The van der Waals surface area contributed by atoms with Crippen molar-refractivity contribution in [3.63, 3.8) is 0 Å². The number of nitrogens with one attached hydrogen (secondary N) is 1. The van der Waals surface area contributed by atoms with E-state index in [1.807, 2.05) is 32.1 Å². The van der Waals surface area contributed by atoms with Crippen LogP contribution in [0.2, 0.25) is 0 Å². The van der Waals surface area contributed by atoms with Gasteiger partial charge in [-0.25, -0.2) is 0 Å². The van der Waals surface area contributed by atoms with Crippen molar-refractivity contribution in [2.75, 3.05) is 5.43 Å². The largest absolute Gasteiger partial charge is 0.324 e. The fourth-order valence-electron chi connectivity index (χ4n) is 0.650. The second-order valence-electron chi connectivity index (χ2n) is 2.01. The monoisotopic (exact) mass is 120 g/mol. The van der Waals surface area contributed by atoms with Crippen molar-refractivity contribution in [2.45, 2.75) is 0 Å². The first-order valence-corrected chi connectivity index (χ1v) is 2.86. The molecule has 0 bridgehead atoms. The van der Waals surface area contributed by atoms with Crippen LogP contribution in [-0.4, -0.2) is 7.85 Å². The highest BCUT2D eigenvalue weighted by Crippen LogP contribution is 1.98. The van der Waals surface area contributed by atoms with Crippen LogP contribution in [0, 0.1) is 0 Å². The summed E-state index contributed by atoms with van der Waals surface area (Å²) in [5.41, 5.74) is 4.74. The summed E-state index contributed by atoms with van der Waals surface area (Å²) in [4.78, 5) is 0. The van der Waals surface area contributed by atoms with Gasteiger partial charge in [0.05, 0.1) is 0 Å². The SMILES string of the molecule is Bc1ccc(NN)cc1. The highest BCUT2D eigenvalue weighted by atomic mass is 15.2. The lowest BCUT2D eigenvalue weighted by Crippen LogP contribution is -2.08. The van der Waals surface area contributed by atoms with Crippen molar-refractivity contribution < 1.29 is 0 Å². The lowest BCUT2D eigenvalue weighted by Gasteiger charge is -1.97. The minimum absolute atomic E-state index is 0.945. The molecule has 0 fully saturated rings. The van der Waals surface area contributed by atoms with Gasteiger partial charge in [-0.15, -0.1) is 0 Å². The molecule has 46 valence electrons. The van der Waals surface area contributed by atoms with E-state index in [0.29, 0.717) is 0 Å². The van der Waals surface area contributed by atoms with Crippen LogP contribution >= 0.6 is 0 Å². The van der Waals surface area contributed by atoms with Gasteiger partial charge in [0.25, 0.3) is 0 Å². The van der Waals surface area contributed by atoms with E-state index in [1.54, 1.807) is 0 Å². The normalized spacial score (nSPS) is 9.00. The zero-order chi connectivity index (χ0) is 6.69. The second kappa shape index (κ2) is 2.55. The molecule has 9 heavy (non-hydrogen) atoms. The Morgan fingerprint density at radius 2 is 1.78 bits per heavy atom. The number of nitrogens with two attached hydrogens (primary N) is 1. The summed E-state index contributed by atoms with van der Waals surface area (Å²) < 4.78 is 0. The molecule has 0 spiro atoms. The second-order valence-corrected chi connectivity index (χ2v) is 2.01. The van der Waals surface area contributed by atoms with Crippen LogP contribution in [0.3, 0.4) is 0 Å². The first-order valence-electron chi connectivity index (χ1n) is 2.86. The van der Waals surface area contributed by atoms with E-state index in [0.717, 1.165) is 5.69 Å². The van der Waals surface area contributed by atoms with Crippen LogP contribution in [0.25, 0.3) is 0 Å². The van der Waals surface area contributed by atoms with Crippen LogP contribution < -0.4 is 16.7 Å². The summed E-state index contributed by atoms with van der Waals surface area (Å²) in [5, 5.41) is 0. The molecule has 0 atom stereocenters. The van der Waals surface area contributed by atoms with E-state index in [4.69, 9.17) is 5.84 Å². The molecule has 3 N–H and O–H groups in total. The molecule has 1 aromatic carbocycles. The molecule has 0 saturated carbocycles. The molecule has 0 aromatic heterocycles. The number of rotatable bonds is 1. The third-order valence-corrected chi connectivity index (χ3v) is 1.22. The van der Waals surface area contributed by atoms with Gasteiger partial charge in [0, 0.05) is 5.69 Å². The first-order chi connectivity index (χ1) is 4.33.